The zero-order valence-electron chi connectivity index (χ0n) is 9.49. The van der Waals surface area contributed by atoms with Gasteiger partial charge in [0.25, 0.3) is 0 Å². The van der Waals surface area contributed by atoms with Crippen LogP contribution >= 0.6 is 0 Å². The van der Waals surface area contributed by atoms with Gasteiger partial charge in [-0.05, 0) is 12.5 Å². The van der Waals surface area contributed by atoms with Crippen LogP contribution in [0.5, 0.6) is 0 Å². The van der Waals surface area contributed by atoms with E-state index in [0.29, 0.717) is 24.9 Å². The summed E-state index contributed by atoms with van der Waals surface area (Å²) in [5, 5.41) is 0. The topological polar surface area (TPSA) is 18.5 Å². The van der Waals surface area contributed by atoms with Gasteiger partial charge >= 0.3 is 0 Å². The Kier molecular flexibility index (Phi) is 3.91. The lowest BCUT2D eigenvalue weighted by molar-refractivity contribution is 0.0262. The van der Waals surface area contributed by atoms with E-state index in [1.807, 2.05) is 6.07 Å². The van der Waals surface area contributed by atoms with Crippen molar-refractivity contribution >= 4 is 0 Å². The Labute approximate surface area is 95.4 Å². The molecule has 0 aliphatic carbocycles. The van der Waals surface area contributed by atoms with Crippen molar-refractivity contribution in [2.75, 3.05) is 6.61 Å². The molecule has 2 atom stereocenters. The predicted octanol–water partition coefficient (Wildman–Crippen LogP) is 2.91. The highest BCUT2D eigenvalue weighted by molar-refractivity contribution is 5.16. The summed E-state index contributed by atoms with van der Waals surface area (Å²) >= 11 is 0. The van der Waals surface area contributed by atoms with Crippen LogP contribution in [0.1, 0.15) is 25.3 Å². The first-order valence-corrected chi connectivity index (χ1v) is 5.76. The molecule has 1 saturated heterocycles. The third-order valence-electron chi connectivity index (χ3n) is 2.93. The third-order valence-corrected chi connectivity index (χ3v) is 2.93. The molecule has 2 rings (SSSR count). The molecule has 1 aliphatic heterocycles. The lowest BCUT2D eigenvalue weighted by Gasteiger charge is -2.10. The van der Waals surface area contributed by atoms with Crippen molar-refractivity contribution in [2.24, 2.45) is 0 Å². The molecule has 1 fully saturated rings. The van der Waals surface area contributed by atoms with E-state index < -0.39 is 0 Å². The van der Waals surface area contributed by atoms with Gasteiger partial charge in [-0.3, -0.25) is 0 Å². The molecule has 88 valence electrons. The normalized spacial score (nSPS) is 24.9. The second-order valence-electron chi connectivity index (χ2n) is 4.12. The zero-order valence-corrected chi connectivity index (χ0v) is 9.49. The molecule has 2 nitrogen and oxygen atoms in total. The first kappa shape index (κ1) is 11.6. The van der Waals surface area contributed by atoms with Crippen LogP contribution in [0.25, 0.3) is 0 Å². The van der Waals surface area contributed by atoms with Gasteiger partial charge in [0.1, 0.15) is 5.82 Å². The van der Waals surface area contributed by atoms with Crippen molar-refractivity contribution in [3.63, 3.8) is 0 Å². The predicted molar refractivity (Wildman–Crippen MR) is 59.6 cm³/mol. The van der Waals surface area contributed by atoms with E-state index in [-0.39, 0.29) is 11.9 Å². The molecule has 1 aromatic carbocycles. The number of hydrogen-bond donors (Lipinski definition) is 0. The Morgan fingerprint density at radius 2 is 2.25 bits per heavy atom. The van der Waals surface area contributed by atoms with E-state index in [4.69, 9.17) is 9.47 Å². The maximum Gasteiger partial charge on any atom is 0.128 e. The number of benzene rings is 1. The number of rotatable bonds is 4. The fourth-order valence-electron chi connectivity index (χ4n) is 1.90. The van der Waals surface area contributed by atoms with E-state index >= 15 is 0 Å². The van der Waals surface area contributed by atoms with Gasteiger partial charge in [0, 0.05) is 12.0 Å². The summed E-state index contributed by atoms with van der Waals surface area (Å²) in [5.74, 6) is -0.201. The van der Waals surface area contributed by atoms with E-state index in [1.54, 1.807) is 12.1 Å². The summed E-state index contributed by atoms with van der Waals surface area (Å²) in [5.41, 5.74) is 0.613. The second-order valence-corrected chi connectivity index (χ2v) is 4.12. The van der Waals surface area contributed by atoms with E-state index in [9.17, 15) is 4.39 Å². The van der Waals surface area contributed by atoms with Gasteiger partial charge in [-0.15, -0.1) is 0 Å². The molecule has 0 bridgehead atoms. The minimum absolute atomic E-state index is 0.115. The van der Waals surface area contributed by atoms with Gasteiger partial charge in [-0.2, -0.15) is 0 Å². The van der Waals surface area contributed by atoms with Crippen molar-refractivity contribution in [1.82, 2.24) is 0 Å². The van der Waals surface area contributed by atoms with Crippen LogP contribution in [0.2, 0.25) is 0 Å². The number of hydrogen-bond acceptors (Lipinski definition) is 2. The monoisotopic (exact) mass is 224 g/mol. The molecule has 2 unspecified atom stereocenters. The SMILES string of the molecule is CCC1CC(OCc2ccccc2F)CO1. The van der Waals surface area contributed by atoms with Crippen LogP contribution in [0.3, 0.4) is 0 Å². The molecule has 1 aromatic rings. The fourth-order valence-corrected chi connectivity index (χ4v) is 1.90. The maximum absolute atomic E-state index is 13.3. The minimum Gasteiger partial charge on any atom is -0.375 e. The second kappa shape index (κ2) is 5.41. The summed E-state index contributed by atoms with van der Waals surface area (Å²) in [4.78, 5) is 0. The Hall–Kier alpha value is -0.930. The van der Waals surface area contributed by atoms with Crippen molar-refractivity contribution in [3.8, 4) is 0 Å². The summed E-state index contributed by atoms with van der Waals surface area (Å²) in [6, 6.07) is 6.72. The van der Waals surface area contributed by atoms with E-state index in [2.05, 4.69) is 6.92 Å². The first-order valence-electron chi connectivity index (χ1n) is 5.76. The van der Waals surface area contributed by atoms with Gasteiger partial charge in [0.15, 0.2) is 0 Å². The molecule has 0 aromatic heterocycles. The molecular formula is C13H17FO2. The van der Waals surface area contributed by atoms with Gasteiger partial charge in [0.2, 0.25) is 0 Å². The van der Waals surface area contributed by atoms with Crippen LogP contribution in [-0.2, 0) is 16.1 Å². The van der Waals surface area contributed by atoms with Crippen molar-refractivity contribution in [1.29, 1.82) is 0 Å². The highest BCUT2D eigenvalue weighted by Gasteiger charge is 2.24. The van der Waals surface area contributed by atoms with Crippen LogP contribution in [0.15, 0.2) is 24.3 Å². The summed E-state index contributed by atoms with van der Waals surface area (Å²) in [6.07, 6.45) is 2.36. The third kappa shape index (κ3) is 2.80. The summed E-state index contributed by atoms with van der Waals surface area (Å²) < 4.78 is 24.4. The number of halogens is 1. The lowest BCUT2D eigenvalue weighted by Crippen LogP contribution is -2.13. The summed E-state index contributed by atoms with van der Waals surface area (Å²) in [7, 11) is 0. The van der Waals surface area contributed by atoms with Crippen LogP contribution in [0.4, 0.5) is 4.39 Å². The standard InChI is InChI=1S/C13H17FO2/c1-2-11-7-12(9-16-11)15-8-10-5-3-4-6-13(10)14/h3-6,11-12H,2,7-9H2,1H3. The first-order chi connectivity index (χ1) is 7.79. The molecule has 0 radical (unpaired) electrons. The van der Waals surface area contributed by atoms with E-state index in [0.717, 1.165) is 12.8 Å². The summed E-state index contributed by atoms with van der Waals surface area (Å²) in [6.45, 7) is 3.06. The number of ether oxygens (including phenoxy) is 2. The molecule has 0 saturated carbocycles. The van der Waals surface area contributed by atoms with E-state index in [1.165, 1.54) is 6.07 Å². The average Bonchev–Trinajstić information content (AvgIpc) is 2.76. The van der Waals surface area contributed by atoms with Gasteiger partial charge in [0.05, 0.1) is 25.4 Å². The Morgan fingerprint density at radius 1 is 1.44 bits per heavy atom. The maximum atomic E-state index is 13.3. The Bertz CT molecular complexity index is 340. The lowest BCUT2D eigenvalue weighted by atomic mass is 10.1. The van der Waals surface area contributed by atoms with Crippen molar-refractivity contribution < 1.29 is 13.9 Å². The van der Waals surface area contributed by atoms with Crippen LogP contribution in [0, 0.1) is 5.82 Å². The van der Waals surface area contributed by atoms with Crippen LogP contribution in [-0.4, -0.2) is 18.8 Å². The molecule has 0 spiro atoms. The van der Waals surface area contributed by atoms with Crippen LogP contribution < -0.4 is 0 Å². The molecule has 0 N–H and O–H groups in total. The van der Waals surface area contributed by atoms with Crippen molar-refractivity contribution in [2.45, 2.75) is 38.6 Å². The fraction of sp³-hybridized carbons (Fsp3) is 0.538. The van der Waals surface area contributed by atoms with Gasteiger partial charge in [-0.1, -0.05) is 25.1 Å². The largest absolute Gasteiger partial charge is 0.375 e. The highest BCUT2D eigenvalue weighted by Crippen LogP contribution is 2.20. The smallest absolute Gasteiger partial charge is 0.128 e. The van der Waals surface area contributed by atoms with Crippen molar-refractivity contribution in [3.05, 3.63) is 35.6 Å². The Morgan fingerprint density at radius 3 is 2.94 bits per heavy atom. The molecular weight excluding hydrogens is 207 g/mol. The average molecular weight is 224 g/mol. The zero-order chi connectivity index (χ0) is 11.4. The minimum atomic E-state index is -0.201. The quantitative estimate of drug-likeness (QED) is 0.783. The Balaban J connectivity index is 1.82. The molecule has 16 heavy (non-hydrogen) atoms. The molecule has 1 heterocycles. The van der Waals surface area contributed by atoms with Gasteiger partial charge < -0.3 is 9.47 Å². The molecule has 1 aliphatic rings. The molecule has 0 amide bonds. The molecule has 3 heteroatoms. The van der Waals surface area contributed by atoms with Gasteiger partial charge in [-0.25, -0.2) is 4.39 Å². The highest BCUT2D eigenvalue weighted by atomic mass is 19.1.